The first-order valence-electron chi connectivity index (χ1n) is 3.55. The molecule has 4 nitrogen and oxygen atoms in total. The number of hydrogen-bond donors (Lipinski definition) is 0. The molecule has 0 aliphatic carbocycles. The lowest BCUT2D eigenvalue weighted by Crippen LogP contribution is -1.97. The van der Waals surface area contributed by atoms with Gasteiger partial charge in [-0.3, -0.25) is 10.1 Å². The Hall–Kier alpha value is -1.48. The maximum atomic E-state index is 12.8. The Morgan fingerprint density at radius 3 is 2.79 bits per heavy atom. The van der Waals surface area contributed by atoms with E-state index in [2.05, 4.69) is 15.9 Å². The molecule has 0 spiro atoms. The van der Waals surface area contributed by atoms with E-state index >= 15 is 0 Å². The van der Waals surface area contributed by atoms with Gasteiger partial charge in [0.05, 0.1) is 29.0 Å². The fraction of sp³-hybridized carbons (Fsp3) is 0.125. The van der Waals surface area contributed by atoms with Crippen molar-refractivity contribution in [3.63, 3.8) is 0 Å². The van der Waals surface area contributed by atoms with Gasteiger partial charge in [0.15, 0.2) is 0 Å². The highest BCUT2D eigenvalue weighted by atomic mass is 79.9. The molecular formula is C8H4BrFN2O2. The van der Waals surface area contributed by atoms with Crippen molar-refractivity contribution in [3.8, 4) is 6.07 Å². The smallest absolute Gasteiger partial charge is 0.258 e. The highest BCUT2D eigenvalue weighted by Gasteiger charge is 2.18. The van der Waals surface area contributed by atoms with Crippen LogP contribution in [0, 0.1) is 27.3 Å². The van der Waals surface area contributed by atoms with Crippen molar-refractivity contribution in [2.75, 3.05) is 0 Å². The minimum absolute atomic E-state index is 0.128. The molecule has 0 saturated carbocycles. The van der Waals surface area contributed by atoms with Crippen molar-refractivity contribution >= 4 is 21.6 Å². The van der Waals surface area contributed by atoms with Crippen molar-refractivity contribution in [2.45, 2.75) is 6.42 Å². The zero-order valence-corrected chi connectivity index (χ0v) is 8.41. The Kier molecular flexibility index (Phi) is 3.14. The quantitative estimate of drug-likeness (QED) is 0.605. The standard InChI is InChI=1S/C8H4BrFN2O2/c9-7-3-5(10)4-8(12(13)14)6(7)1-2-11/h3-4H,1H2. The van der Waals surface area contributed by atoms with Gasteiger partial charge in [0.2, 0.25) is 0 Å². The molecule has 1 aromatic carbocycles. The van der Waals surface area contributed by atoms with Gasteiger partial charge in [0.1, 0.15) is 5.82 Å². The molecule has 14 heavy (non-hydrogen) atoms. The molecular weight excluding hydrogens is 255 g/mol. The summed E-state index contributed by atoms with van der Waals surface area (Å²) in [6.07, 6.45) is -0.128. The van der Waals surface area contributed by atoms with E-state index in [0.717, 1.165) is 12.1 Å². The number of hydrogen-bond acceptors (Lipinski definition) is 3. The molecule has 6 heteroatoms. The molecule has 0 aliphatic rings. The molecule has 0 saturated heterocycles. The fourth-order valence-electron chi connectivity index (χ4n) is 1.01. The van der Waals surface area contributed by atoms with Crippen LogP contribution in [0.25, 0.3) is 0 Å². The lowest BCUT2D eigenvalue weighted by Gasteiger charge is -2.01. The van der Waals surface area contributed by atoms with Crippen molar-refractivity contribution in [2.24, 2.45) is 0 Å². The van der Waals surface area contributed by atoms with Gasteiger partial charge in [-0.15, -0.1) is 0 Å². The highest BCUT2D eigenvalue weighted by molar-refractivity contribution is 9.10. The number of rotatable bonds is 2. The summed E-state index contributed by atoms with van der Waals surface area (Å²) in [4.78, 5) is 9.80. The van der Waals surface area contributed by atoms with E-state index in [1.807, 2.05) is 0 Å². The Balaban J connectivity index is 3.38. The van der Waals surface area contributed by atoms with Crippen molar-refractivity contribution < 1.29 is 9.31 Å². The highest BCUT2D eigenvalue weighted by Crippen LogP contribution is 2.28. The third kappa shape index (κ3) is 2.06. The van der Waals surface area contributed by atoms with Crippen LogP contribution in [-0.2, 0) is 6.42 Å². The maximum absolute atomic E-state index is 12.8. The molecule has 0 N–H and O–H groups in total. The molecule has 0 aromatic heterocycles. The van der Waals surface area contributed by atoms with Gasteiger partial charge in [0.25, 0.3) is 5.69 Å². The van der Waals surface area contributed by atoms with E-state index in [1.165, 1.54) is 0 Å². The molecule has 0 aliphatic heterocycles. The van der Waals surface area contributed by atoms with Gasteiger partial charge < -0.3 is 0 Å². The van der Waals surface area contributed by atoms with Gasteiger partial charge in [0, 0.05) is 4.47 Å². The van der Waals surface area contributed by atoms with Gasteiger partial charge >= 0.3 is 0 Å². The third-order valence-corrected chi connectivity index (χ3v) is 2.30. The second-order valence-electron chi connectivity index (χ2n) is 2.48. The Morgan fingerprint density at radius 2 is 2.29 bits per heavy atom. The number of nitriles is 1. The Labute approximate surface area is 87.2 Å². The van der Waals surface area contributed by atoms with Gasteiger partial charge in [-0.2, -0.15) is 5.26 Å². The van der Waals surface area contributed by atoms with E-state index in [9.17, 15) is 14.5 Å². The summed E-state index contributed by atoms with van der Waals surface area (Å²) in [7, 11) is 0. The van der Waals surface area contributed by atoms with Crippen LogP contribution in [-0.4, -0.2) is 4.92 Å². The second-order valence-corrected chi connectivity index (χ2v) is 3.33. The molecule has 0 atom stereocenters. The third-order valence-electron chi connectivity index (χ3n) is 1.59. The summed E-state index contributed by atoms with van der Waals surface area (Å²) in [5.41, 5.74) is -0.183. The predicted octanol–water partition coefficient (Wildman–Crippen LogP) is 2.56. The van der Waals surface area contributed by atoms with E-state index in [4.69, 9.17) is 5.26 Å². The van der Waals surface area contributed by atoms with E-state index < -0.39 is 10.7 Å². The summed E-state index contributed by atoms with van der Waals surface area (Å²) >= 11 is 2.97. The SMILES string of the molecule is N#CCc1c(Br)cc(F)cc1[N+](=O)[O-]. The first-order chi connectivity index (χ1) is 6.56. The minimum Gasteiger partial charge on any atom is -0.258 e. The minimum atomic E-state index is -0.708. The average Bonchev–Trinajstić information content (AvgIpc) is 2.09. The molecule has 0 bridgehead atoms. The lowest BCUT2D eigenvalue weighted by atomic mass is 10.1. The van der Waals surface area contributed by atoms with E-state index in [-0.39, 0.29) is 22.1 Å². The summed E-state index contributed by atoms with van der Waals surface area (Å²) in [5, 5.41) is 18.9. The monoisotopic (exact) mass is 258 g/mol. The predicted molar refractivity (Wildman–Crippen MR) is 50.1 cm³/mol. The summed E-state index contributed by atoms with van der Waals surface area (Å²) in [5.74, 6) is -0.703. The van der Waals surface area contributed by atoms with Crippen LogP contribution in [0.4, 0.5) is 10.1 Å². The van der Waals surface area contributed by atoms with Crippen molar-refractivity contribution in [1.29, 1.82) is 5.26 Å². The van der Waals surface area contributed by atoms with E-state index in [1.54, 1.807) is 6.07 Å². The molecule has 0 heterocycles. The molecule has 72 valence electrons. The zero-order valence-electron chi connectivity index (χ0n) is 6.83. The molecule has 1 aromatic rings. The normalized spacial score (nSPS) is 9.50. The molecule has 1 rings (SSSR count). The number of benzene rings is 1. The first-order valence-corrected chi connectivity index (χ1v) is 4.35. The van der Waals surface area contributed by atoms with Crippen LogP contribution in [0.15, 0.2) is 16.6 Å². The number of halogens is 2. The summed E-state index contributed by atoms with van der Waals surface area (Å²) in [6, 6.07) is 3.68. The summed E-state index contributed by atoms with van der Waals surface area (Å²) < 4.78 is 13.0. The van der Waals surface area contributed by atoms with Crippen LogP contribution in [0.1, 0.15) is 5.56 Å². The molecule has 0 unspecified atom stereocenters. The number of nitro benzene ring substituents is 1. The van der Waals surface area contributed by atoms with Gasteiger partial charge in [-0.05, 0) is 6.07 Å². The first kappa shape index (κ1) is 10.6. The Bertz CT molecular complexity index is 428. The molecule has 0 radical (unpaired) electrons. The number of nitro groups is 1. The Morgan fingerprint density at radius 1 is 1.64 bits per heavy atom. The van der Waals surface area contributed by atoms with E-state index in [0.29, 0.717) is 0 Å². The van der Waals surface area contributed by atoms with Crippen molar-refractivity contribution in [1.82, 2.24) is 0 Å². The topological polar surface area (TPSA) is 66.9 Å². The molecule has 0 fully saturated rings. The second kappa shape index (κ2) is 4.15. The molecule has 0 amide bonds. The average molecular weight is 259 g/mol. The van der Waals surface area contributed by atoms with Crippen LogP contribution in [0.2, 0.25) is 0 Å². The fourth-order valence-corrected chi connectivity index (χ4v) is 1.57. The maximum Gasteiger partial charge on any atom is 0.277 e. The van der Waals surface area contributed by atoms with Gasteiger partial charge in [-0.1, -0.05) is 15.9 Å². The summed E-state index contributed by atoms with van der Waals surface area (Å²) in [6.45, 7) is 0. The van der Waals surface area contributed by atoms with Crippen LogP contribution >= 0.6 is 15.9 Å². The van der Waals surface area contributed by atoms with Crippen LogP contribution < -0.4 is 0 Å². The number of nitrogens with zero attached hydrogens (tertiary/aromatic N) is 2. The van der Waals surface area contributed by atoms with Gasteiger partial charge in [-0.25, -0.2) is 4.39 Å². The lowest BCUT2D eigenvalue weighted by molar-refractivity contribution is -0.385. The van der Waals surface area contributed by atoms with Crippen LogP contribution in [0.3, 0.4) is 0 Å². The zero-order chi connectivity index (χ0) is 10.7. The van der Waals surface area contributed by atoms with Crippen LogP contribution in [0.5, 0.6) is 0 Å². The van der Waals surface area contributed by atoms with Crippen molar-refractivity contribution in [3.05, 3.63) is 38.1 Å². The largest absolute Gasteiger partial charge is 0.277 e.